The highest BCUT2D eigenvalue weighted by atomic mass is 32.1. The van der Waals surface area contributed by atoms with Crippen molar-refractivity contribution in [1.82, 2.24) is 16.0 Å². The molecule has 1 saturated heterocycles. The van der Waals surface area contributed by atoms with Crippen molar-refractivity contribution < 1.29 is 23.7 Å². The Bertz CT molecular complexity index is 515. The van der Waals surface area contributed by atoms with Gasteiger partial charge in [-0.1, -0.05) is 18.8 Å². The molecule has 30 heavy (non-hydrogen) atoms. The molecule has 2 atom stereocenters. The van der Waals surface area contributed by atoms with Gasteiger partial charge in [0.05, 0.1) is 46.2 Å². The number of rotatable bonds is 19. The second-order valence-corrected chi connectivity index (χ2v) is 7.46. The van der Waals surface area contributed by atoms with E-state index in [1.165, 1.54) is 0 Å². The molecule has 1 rings (SSSR count). The minimum Gasteiger partial charge on any atom is -0.377 e. The van der Waals surface area contributed by atoms with E-state index in [0.717, 1.165) is 30.8 Å². The Labute approximate surface area is 186 Å². The molecule has 0 radical (unpaired) electrons. The zero-order valence-corrected chi connectivity index (χ0v) is 18.9. The fourth-order valence-electron chi connectivity index (χ4n) is 2.93. The molecule has 0 saturated carbocycles. The predicted octanol–water partition coefficient (Wildman–Crippen LogP) is 0.988. The lowest BCUT2D eigenvalue weighted by Gasteiger charge is -2.14. The van der Waals surface area contributed by atoms with Gasteiger partial charge in [0, 0.05) is 25.0 Å². The Balaban J connectivity index is 1.77. The number of nitrogens with one attached hydrogen (secondary N) is 3. The zero-order valence-electron chi connectivity index (χ0n) is 18.1. The first-order valence-corrected chi connectivity index (χ1v) is 11.1. The molecule has 0 aromatic rings. The quantitative estimate of drug-likeness (QED) is 0.155. The highest BCUT2D eigenvalue weighted by Gasteiger charge is 2.24. The number of ether oxygens (including phenoxy) is 4. The van der Waals surface area contributed by atoms with Gasteiger partial charge in [-0.25, -0.2) is 0 Å². The number of hydrogen-bond donors (Lipinski definition) is 3. The third kappa shape index (κ3) is 14.5. The van der Waals surface area contributed by atoms with Crippen LogP contribution in [0.5, 0.6) is 0 Å². The molecule has 1 aliphatic rings. The van der Waals surface area contributed by atoms with Crippen LogP contribution in [0.1, 0.15) is 39.0 Å². The minimum absolute atomic E-state index is 0.0772. The third-order valence-corrected chi connectivity index (χ3v) is 4.80. The van der Waals surface area contributed by atoms with Gasteiger partial charge in [-0.2, -0.15) is 0 Å². The molecule has 0 spiro atoms. The van der Waals surface area contributed by atoms with E-state index in [1.54, 1.807) is 0 Å². The van der Waals surface area contributed by atoms with Gasteiger partial charge in [-0.05, 0) is 32.0 Å². The molecule has 9 heteroatoms. The van der Waals surface area contributed by atoms with E-state index in [0.29, 0.717) is 77.9 Å². The molecule has 2 unspecified atom stereocenters. The van der Waals surface area contributed by atoms with E-state index in [2.05, 4.69) is 28.8 Å². The van der Waals surface area contributed by atoms with Crippen molar-refractivity contribution in [2.45, 2.75) is 51.1 Å². The van der Waals surface area contributed by atoms with Crippen LogP contribution < -0.4 is 16.0 Å². The number of amides is 1. The molecule has 3 N–H and O–H groups in total. The van der Waals surface area contributed by atoms with Crippen LogP contribution in [-0.4, -0.2) is 82.5 Å². The second kappa shape index (κ2) is 18.3. The molecule has 1 fully saturated rings. The summed E-state index contributed by atoms with van der Waals surface area (Å²) in [6.07, 6.45) is 9.72. The van der Waals surface area contributed by atoms with Crippen molar-refractivity contribution in [3.05, 3.63) is 0 Å². The van der Waals surface area contributed by atoms with Crippen molar-refractivity contribution >= 4 is 23.2 Å². The van der Waals surface area contributed by atoms with Crippen LogP contribution in [0, 0.1) is 12.3 Å². The van der Waals surface area contributed by atoms with Crippen LogP contribution in [0.4, 0.5) is 0 Å². The first kappa shape index (κ1) is 26.6. The van der Waals surface area contributed by atoms with Crippen LogP contribution >= 0.6 is 12.2 Å². The SMILES string of the molecule is C#CCOCCOCCOCCOCCNC(=O)CCCCCC1NC(=S)NC1C. The van der Waals surface area contributed by atoms with Crippen LogP contribution in [0.2, 0.25) is 0 Å². The van der Waals surface area contributed by atoms with Gasteiger partial charge in [0.2, 0.25) is 5.91 Å². The summed E-state index contributed by atoms with van der Waals surface area (Å²) in [7, 11) is 0. The van der Waals surface area contributed by atoms with Crippen molar-refractivity contribution in [2.75, 3.05) is 59.4 Å². The van der Waals surface area contributed by atoms with E-state index in [9.17, 15) is 4.79 Å². The fraction of sp³-hybridized carbons (Fsp3) is 0.810. The maximum Gasteiger partial charge on any atom is 0.220 e. The van der Waals surface area contributed by atoms with Crippen LogP contribution in [0.3, 0.4) is 0 Å². The number of carbonyl (C=O) groups excluding carboxylic acids is 1. The number of carbonyl (C=O) groups is 1. The monoisotopic (exact) mass is 443 g/mol. The van der Waals surface area contributed by atoms with E-state index < -0.39 is 0 Å². The van der Waals surface area contributed by atoms with Gasteiger partial charge in [0.1, 0.15) is 6.61 Å². The van der Waals surface area contributed by atoms with E-state index in [1.807, 2.05) is 0 Å². The first-order valence-electron chi connectivity index (χ1n) is 10.7. The summed E-state index contributed by atoms with van der Waals surface area (Å²) in [4.78, 5) is 11.8. The van der Waals surface area contributed by atoms with Gasteiger partial charge in [-0.3, -0.25) is 4.79 Å². The lowest BCUT2D eigenvalue weighted by molar-refractivity contribution is -0.121. The summed E-state index contributed by atoms with van der Waals surface area (Å²) in [5.41, 5.74) is 0. The van der Waals surface area contributed by atoms with Crippen LogP contribution in [-0.2, 0) is 23.7 Å². The zero-order chi connectivity index (χ0) is 21.9. The third-order valence-electron chi connectivity index (χ3n) is 4.57. The van der Waals surface area contributed by atoms with Crippen molar-refractivity contribution in [2.24, 2.45) is 0 Å². The predicted molar refractivity (Wildman–Crippen MR) is 120 cm³/mol. The summed E-state index contributed by atoms with van der Waals surface area (Å²) < 4.78 is 21.2. The van der Waals surface area contributed by atoms with E-state index >= 15 is 0 Å². The van der Waals surface area contributed by atoms with Crippen molar-refractivity contribution in [3.63, 3.8) is 0 Å². The lowest BCUT2D eigenvalue weighted by atomic mass is 10.0. The Hall–Kier alpha value is -1.44. The van der Waals surface area contributed by atoms with E-state index in [4.69, 9.17) is 37.6 Å². The molecule has 1 amide bonds. The maximum atomic E-state index is 11.8. The number of thiocarbonyl (C=S) groups is 1. The summed E-state index contributed by atoms with van der Waals surface area (Å²) in [6, 6.07) is 0.781. The highest BCUT2D eigenvalue weighted by Crippen LogP contribution is 2.11. The Morgan fingerprint density at radius 2 is 1.63 bits per heavy atom. The fourth-order valence-corrected chi connectivity index (χ4v) is 3.27. The average Bonchev–Trinajstić information content (AvgIpc) is 3.05. The largest absolute Gasteiger partial charge is 0.377 e. The van der Waals surface area contributed by atoms with Crippen molar-refractivity contribution in [1.29, 1.82) is 0 Å². The molecular weight excluding hydrogens is 406 g/mol. The molecule has 0 aliphatic carbocycles. The van der Waals surface area contributed by atoms with E-state index in [-0.39, 0.29) is 5.91 Å². The molecular formula is C21H37N3O5S. The van der Waals surface area contributed by atoms with Gasteiger partial charge in [0.25, 0.3) is 0 Å². The Kier molecular flexibility index (Phi) is 16.3. The molecule has 1 heterocycles. The average molecular weight is 444 g/mol. The molecule has 1 aliphatic heterocycles. The molecule has 0 bridgehead atoms. The number of hydrogen-bond acceptors (Lipinski definition) is 6. The smallest absolute Gasteiger partial charge is 0.220 e. The van der Waals surface area contributed by atoms with Gasteiger partial charge in [-0.15, -0.1) is 6.42 Å². The normalized spacial score (nSPS) is 17.9. The first-order chi connectivity index (χ1) is 14.6. The summed E-state index contributed by atoms with van der Waals surface area (Å²) in [6.45, 7) is 6.45. The molecule has 8 nitrogen and oxygen atoms in total. The van der Waals surface area contributed by atoms with Gasteiger partial charge >= 0.3 is 0 Å². The molecule has 0 aromatic carbocycles. The Morgan fingerprint density at radius 3 is 2.23 bits per heavy atom. The topological polar surface area (TPSA) is 90.1 Å². The number of terminal acetylenes is 1. The van der Waals surface area contributed by atoms with Crippen molar-refractivity contribution in [3.8, 4) is 12.3 Å². The lowest BCUT2D eigenvalue weighted by Crippen LogP contribution is -2.30. The number of unbranched alkanes of at least 4 members (excludes halogenated alkanes) is 2. The van der Waals surface area contributed by atoms with Crippen LogP contribution in [0.15, 0.2) is 0 Å². The van der Waals surface area contributed by atoms with Gasteiger partial charge in [0.15, 0.2) is 5.11 Å². The van der Waals surface area contributed by atoms with Gasteiger partial charge < -0.3 is 34.9 Å². The summed E-state index contributed by atoms with van der Waals surface area (Å²) in [5.74, 6) is 2.47. The second-order valence-electron chi connectivity index (χ2n) is 7.06. The summed E-state index contributed by atoms with van der Waals surface area (Å²) >= 11 is 5.11. The van der Waals surface area contributed by atoms with Crippen LogP contribution in [0.25, 0.3) is 0 Å². The standard InChI is InChI=1S/C21H37N3O5S/c1-3-10-26-12-14-28-16-17-29-15-13-27-11-9-22-20(25)8-6-4-5-7-19-18(2)23-21(30)24-19/h1,18-19H,4-17H2,2H3,(H,22,25)(H2,23,24,30). The maximum absolute atomic E-state index is 11.8. The Morgan fingerprint density at radius 1 is 1.00 bits per heavy atom. The highest BCUT2D eigenvalue weighted by molar-refractivity contribution is 7.80. The molecule has 172 valence electrons. The minimum atomic E-state index is 0.0772. The summed E-state index contributed by atoms with van der Waals surface area (Å²) in [5, 5.41) is 10.1. The molecule has 0 aromatic heterocycles.